The molecule has 60 heavy (non-hydrogen) atoms. The highest BCUT2D eigenvalue weighted by Gasteiger charge is 2.34. The van der Waals surface area contributed by atoms with Gasteiger partial charge in [-0.15, -0.1) is 0 Å². The Kier molecular flexibility index (Phi) is 10.3. The lowest BCUT2D eigenvalue weighted by Gasteiger charge is -2.18. The van der Waals surface area contributed by atoms with Gasteiger partial charge in [-0.2, -0.15) is 56.2 Å². The minimum absolute atomic E-state index is 0.0751. The summed E-state index contributed by atoms with van der Waals surface area (Å²) in [4.78, 5) is 39.5. The maximum Gasteiger partial charge on any atom is 0.433 e. The van der Waals surface area contributed by atoms with Gasteiger partial charge in [-0.1, -0.05) is 12.1 Å². The van der Waals surface area contributed by atoms with Gasteiger partial charge in [-0.05, 0) is 89.9 Å². The van der Waals surface area contributed by atoms with E-state index in [9.17, 15) is 36.6 Å². The Bertz CT molecular complexity index is 2710. The topological polar surface area (TPSA) is 217 Å². The number of aromatic nitrogens is 10. The third-order valence-electron chi connectivity index (χ3n) is 7.10. The maximum atomic E-state index is 13.2. The fourth-order valence-electron chi connectivity index (χ4n) is 4.58. The van der Waals surface area contributed by atoms with Crippen LogP contribution >= 0.6 is 0 Å². The van der Waals surface area contributed by atoms with E-state index in [0.717, 1.165) is 24.3 Å². The second-order valence-corrected chi connectivity index (χ2v) is 13.1. The van der Waals surface area contributed by atoms with E-state index in [1.54, 1.807) is 44.3 Å². The highest BCUT2D eigenvalue weighted by molar-refractivity contribution is 5.60. The molecule has 22 heteroatoms. The van der Waals surface area contributed by atoms with Crippen LogP contribution in [0.5, 0.6) is 0 Å². The zero-order chi connectivity index (χ0) is 50.7. The van der Waals surface area contributed by atoms with E-state index in [-0.39, 0.29) is 40.9 Å². The van der Waals surface area contributed by atoms with Gasteiger partial charge >= 0.3 is 12.4 Å². The van der Waals surface area contributed by atoms with Crippen molar-refractivity contribution >= 4 is 35.2 Å². The van der Waals surface area contributed by atoms with Crippen LogP contribution in [0.2, 0.25) is 0 Å². The molecule has 6 rings (SSSR count). The van der Waals surface area contributed by atoms with Gasteiger partial charge in [0.1, 0.15) is 22.8 Å². The Morgan fingerprint density at radius 3 is 1.42 bits per heavy atom. The minimum Gasteiger partial charge on any atom is -0.389 e. The molecule has 316 valence electrons. The largest absolute Gasteiger partial charge is 0.433 e. The monoisotopic (exact) mass is 846 g/mol. The van der Waals surface area contributed by atoms with Gasteiger partial charge in [-0.25, -0.2) is 9.97 Å². The normalized spacial score (nSPS) is 14.6. The molecule has 0 aliphatic heterocycles. The van der Waals surface area contributed by atoms with Crippen LogP contribution < -0.4 is 21.3 Å². The molecular formula is C38H40F6N14O2. The Hall–Kier alpha value is -6.68. The molecule has 0 aromatic carbocycles. The van der Waals surface area contributed by atoms with E-state index in [2.05, 4.69) is 71.1 Å². The number of anilines is 6. The van der Waals surface area contributed by atoms with Crippen molar-refractivity contribution in [2.45, 2.75) is 65.0 Å². The predicted molar refractivity (Wildman–Crippen MR) is 210 cm³/mol. The highest BCUT2D eigenvalue weighted by Crippen LogP contribution is 2.31. The standard InChI is InChI=1S/2C19H20F3N7O/c2*1-11-9-12(7-8-23-11)25-17-28-15(27-16(29-17)24-10-18(2,3)30)13-5-4-6-14(26-13)19(20,21)22/h2*4-9,30H,10H2,1-3H3,(H2,23,24,25,27,28,29)/i2D3,3D3;10D2. The van der Waals surface area contributed by atoms with Crippen LogP contribution in [0.25, 0.3) is 23.0 Å². The van der Waals surface area contributed by atoms with Crippen LogP contribution in [0.4, 0.5) is 61.5 Å². The van der Waals surface area contributed by atoms with Crippen LogP contribution in [0.3, 0.4) is 0 Å². The third kappa shape index (κ3) is 13.7. The van der Waals surface area contributed by atoms with Gasteiger partial charge in [0.2, 0.25) is 23.8 Å². The quantitative estimate of drug-likeness (QED) is 0.0673. The van der Waals surface area contributed by atoms with Gasteiger partial charge < -0.3 is 31.5 Å². The smallest absolute Gasteiger partial charge is 0.389 e. The molecule has 0 radical (unpaired) electrons. The lowest BCUT2D eigenvalue weighted by Crippen LogP contribution is -2.30. The third-order valence-corrected chi connectivity index (χ3v) is 7.10. The van der Waals surface area contributed by atoms with Crippen molar-refractivity contribution in [2.75, 3.05) is 34.3 Å². The van der Waals surface area contributed by atoms with Crippen molar-refractivity contribution in [3.8, 4) is 23.0 Å². The molecular weight excluding hydrogens is 799 g/mol. The molecule has 0 saturated carbocycles. The second-order valence-electron chi connectivity index (χ2n) is 13.1. The molecule has 0 bridgehead atoms. The minimum atomic E-state index is -4.74. The zero-order valence-electron chi connectivity index (χ0n) is 39.8. The molecule has 0 atom stereocenters. The number of hydrogen-bond acceptors (Lipinski definition) is 16. The molecule has 6 aromatic heterocycles. The van der Waals surface area contributed by atoms with E-state index in [0.29, 0.717) is 22.8 Å². The van der Waals surface area contributed by atoms with Gasteiger partial charge in [0.25, 0.3) is 0 Å². The molecule has 0 aliphatic carbocycles. The van der Waals surface area contributed by atoms with Gasteiger partial charge in [0, 0.05) is 56.4 Å². The summed E-state index contributed by atoms with van der Waals surface area (Å²) in [5, 5.41) is 31.0. The summed E-state index contributed by atoms with van der Waals surface area (Å²) in [5.74, 6) is -1.55. The van der Waals surface area contributed by atoms with E-state index >= 15 is 0 Å². The fraction of sp³-hybridized carbons (Fsp3) is 0.316. The van der Waals surface area contributed by atoms with Crippen molar-refractivity contribution in [3.05, 3.63) is 95.8 Å². The summed E-state index contributed by atoms with van der Waals surface area (Å²) < 4.78 is 140. The number of hydrogen-bond donors (Lipinski definition) is 6. The number of halogens is 6. The molecule has 0 unspecified atom stereocenters. The SMILES string of the molecule is [2H]C([2H])(Nc1nc(Nc2ccnc(C)c2)nc(-c2cccc(C(F)(F)F)n2)n1)C(C)(C)O.[2H]C([2H])([2H])C(O)(CNc1nc(Nc2ccnc(C)c2)nc(-c2cccc(C(F)(F)F)n2)n1)C([2H])([2H])[2H]. The fourth-order valence-corrected chi connectivity index (χ4v) is 4.58. The van der Waals surface area contributed by atoms with Crippen molar-refractivity contribution in [1.82, 2.24) is 49.8 Å². The van der Waals surface area contributed by atoms with Crippen LogP contribution in [0.1, 0.15) is 61.3 Å². The van der Waals surface area contributed by atoms with Crippen LogP contribution in [-0.4, -0.2) is 84.3 Å². The van der Waals surface area contributed by atoms with Crippen molar-refractivity contribution in [1.29, 1.82) is 0 Å². The zero-order valence-corrected chi connectivity index (χ0v) is 31.8. The molecule has 6 N–H and O–H groups in total. The Labute approximate surface area is 350 Å². The average Bonchev–Trinajstić information content (AvgIpc) is 3.21. The van der Waals surface area contributed by atoms with E-state index < -0.39 is 67.6 Å². The summed E-state index contributed by atoms with van der Waals surface area (Å²) >= 11 is 0. The number of nitrogens with one attached hydrogen (secondary N) is 4. The first-order valence-electron chi connectivity index (χ1n) is 21.2. The molecule has 16 nitrogen and oxygen atoms in total. The molecule has 0 aliphatic rings. The summed E-state index contributed by atoms with van der Waals surface area (Å²) in [6.45, 7) is -4.08. The Morgan fingerprint density at radius 1 is 0.583 bits per heavy atom. The summed E-state index contributed by atoms with van der Waals surface area (Å²) in [6, 6.07) is 12.9. The highest BCUT2D eigenvalue weighted by atomic mass is 19.4. The Balaban J connectivity index is 0.000000256. The van der Waals surface area contributed by atoms with Crippen LogP contribution in [-0.2, 0) is 12.4 Å². The molecule has 0 spiro atoms. The predicted octanol–water partition coefficient (Wildman–Crippen LogP) is 7.16. The lowest BCUT2D eigenvalue weighted by atomic mass is 10.1. The average molecular weight is 847 g/mol. The van der Waals surface area contributed by atoms with Gasteiger partial charge in [-0.3, -0.25) is 9.97 Å². The number of alkyl halides is 6. The lowest BCUT2D eigenvalue weighted by molar-refractivity contribution is -0.141. The van der Waals surface area contributed by atoms with Gasteiger partial charge in [0.15, 0.2) is 11.6 Å². The first-order chi connectivity index (χ1) is 31.2. The van der Waals surface area contributed by atoms with Crippen LogP contribution in [0.15, 0.2) is 73.1 Å². The second kappa shape index (κ2) is 18.1. The van der Waals surface area contributed by atoms with Gasteiger partial charge in [0.05, 0.1) is 13.9 Å². The number of rotatable bonds is 12. The number of nitrogens with zero attached hydrogens (tertiary/aromatic N) is 10. The van der Waals surface area contributed by atoms with E-state index in [1.165, 1.54) is 32.2 Å². The molecule has 6 aromatic rings. The molecule has 0 fully saturated rings. The first-order valence-corrected chi connectivity index (χ1v) is 17.2. The first kappa shape index (κ1) is 34.2. The molecule has 6 heterocycles. The Morgan fingerprint density at radius 2 is 1.02 bits per heavy atom. The van der Waals surface area contributed by atoms with Crippen LogP contribution in [0, 0.1) is 13.8 Å². The van der Waals surface area contributed by atoms with Crippen molar-refractivity contribution < 1.29 is 47.5 Å². The summed E-state index contributed by atoms with van der Waals surface area (Å²) in [6.07, 6.45) is -6.38. The molecule has 0 amide bonds. The van der Waals surface area contributed by atoms with E-state index in [4.69, 9.17) is 11.0 Å². The number of aryl methyl sites for hydroxylation is 2. The van der Waals surface area contributed by atoms with Crippen molar-refractivity contribution in [2.24, 2.45) is 0 Å². The summed E-state index contributed by atoms with van der Waals surface area (Å²) in [5.41, 5.74) is -5.49. The van der Waals surface area contributed by atoms with Crippen molar-refractivity contribution in [3.63, 3.8) is 0 Å². The number of aliphatic hydroxyl groups is 2. The van der Waals surface area contributed by atoms with E-state index in [1.807, 2.05) is 0 Å². The summed E-state index contributed by atoms with van der Waals surface area (Å²) in [7, 11) is 0. The maximum absolute atomic E-state index is 13.2. The molecule has 0 saturated heterocycles. The number of pyridine rings is 4.